The second kappa shape index (κ2) is 7.27. The van der Waals surface area contributed by atoms with Crippen LogP contribution in [-0.2, 0) is 11.2 Å². The van der Waals surface area contributed by atoms with Gasteiger partial charge in [0.15, 0.2) is 0 Å². The molecule has 0 N–H and O–H groups in total. The van der Waals surface area contributed by atoms with E-state index < -0.39 is 0 Å². The maximum absolute atomic E-state index is 11.5. The van der Waals surface area contributed by atoms with Gasteiger partial charge in [0.25, 0.3) is 0 Å². The van der Waals surface area contributed by atoms with E-state index >= 15 is 0 Å². The van der Waals surface area contributed by atoms with E-state index in [2.05, 4.69) is 14.3 Å². The minimum atomic E-state index is 0.146. The van der Waals surface area contributed by atoms with Gasteiger partial charge in [-0.25, -0.2) is 4.98 Å². The molecule has 0 atom stereocenters. The van der Waals surface area contributed by atoms with Gasteiger partial charge < -0.3 is 9.80 Å². The SMILES string of the molecule is CC(=O)N1CCCN(c2nc(Cc3ccc(Cl)cc3)ns2)CC1. The van der Waals surface area contributed by atoms with Crippen LogP contribution in [0.25, 0.3) is 0 Å². The van der Waals surface area contributed by atoms with Gasteiger partial charge in [-0.05, 0) is 24.1 Å². The van der Waals surface area contributed by atoms with Gasteiger partial charge in [-0.15, -0.1) is 0 Å². The third-order valence-corrected chi connectivity index (χ3v) is 5.01. The lowest BCUT2D eigenvalue weighted by Crippen LogP contribution is -2.33. The quantitative estimate of drug-likeness (QED) is 0.854. The Hall–Kier alpha value is -1.66. The molecule has 1 aromatic heterocycles. The summed E-state index contributed by atoms with van der Waals surface area (Å²) in [5, 5.41) is 1.68. The largest absolute Gasteiger partial charge is 0.345 e. The van der Waals surface area contributed by atoms with Crippen molar-refractivity contribution in [2.45, 2.75) is 19.8 Å². The van der Waals surface area contributed by atoms with Crippen molar-refractivity contribution in [2.75, 3.05) is 31.1 Å². The van der Waals surface area contributed by atoms with Gasteiger partial charge in [-0.2, -0.15) is 4.37 Å². The molecule has 3 rings (SSSR count). The van der Waals surface area contributed by atoms with E-state index in [4.69, 9.17) is 11.6 Å². The van der Waals surface area contributed by atoms with E-state index in [0.29, 0.717) is 6.42 Å². The topological polar surface area (TPSA) is 49.3 Å². The number of nitrogens with zero attached hydrogens (tertiary/aromatic N) is 4. The highest BCUT2D eigenvalue weighted by Crippen LogP contribution is 2.21. The zero-order valence-electron chi connectivity index (χ0n) is 13.0. The normalized spacial score (nSPS) is 15.6. The van der Waals surface area contributed by atoms with Crippen LogP contribution in [0.3, 0.4) is 0 Å². The van der Waals surface area contributed by atoms with Gasteiger partial charge in [0.1, 0.15) is 5.82 Å². The van der Waals surface area contributed by atoms with Crippen molar-refractivity contribution in [2.24, 2.45) is 0 Å². The number of amides is 1. The van der Waals surface area contributed by atoms with Crippen LogP contribution in [0.4, 0.5) is 5.13 Å². The van der Waals surface area contributed by atoms with Crippen molar-refractivity contribution in [3.8, 4) is 0 Å². The fourth-order valence-electron chi connectivity index (χ4n) is 2.65. The van der Waals surface area contributed by atoms with Gasteiger partial charge in [0.2, 0.25) is 11.0 Å². The van der Waals surface area contributed by atoms with E-state index in [1.807, 2.05) is 29.2 Å². The summed E-state index contributed by atoms with van der Waals surface area (Å²) in [6, 6.07) is 7.77. The van der Waals surface area contributed by atoms with Crippen LogP contribution in [0.5, 0.6) is 0 Å². The highest BCUT2D eigenvalue weighted by molar-refractivity contribution is 7.09. The molecule has 0 spiro atoms. The van der Waals surface area contributed by atoms with Gasteiger partial charge in [0.05, 0.1) is 0 Å². The van der Waals surface area contributed by atoms with Gasteiger partial charge in [0, 0.05) is 56.1 Å². The summed E-state index contributed by atoms with van der Waals surface area (Å²) in [5.41, 5.74) is 1.15. The highest BCUT2D eigenvalue weighted by atomic mass is 35.5. The average Bonchev–Trinajstić information content (AvgIpc) is 2.84. The molecule has 0 saturated carbocycles. The number of aromatic nitrogens is 2. The van der Waals surface area contributed by atoms with E-state index in [1.165, 1.54) is 11.5 Å². The molecule has 1 aliphatic heterocycles. The second-order valence-electron chi connectivity index (χ2n) is 5.64. The van der Waals surface area contributed by atoms with E-state index in [-0.39, 0.29) is 5.91 Å². The first kappa shape index (κ1) is 16.2. The summed E-state index contributed by atoms with van der Waals surface area (Å²) < 4.78 is 4.47. The Bertz CT molecular complexity index is 673. The molecule has 1 fully saturated rings. The third-order valence-electron chi connectivity index (χ3n) is 3.94. The molecule has 122 valence electrons. The molecule has 5 nitrogen and oxygen atoms in total. The van der Waals surface area contributed by atoms with Crippen LogP contribution >= 0.6 is 23.1 Å². The maximum atomic E-state index is 11.5. The van der Waals surface area contributed by atoms with Crippen LogP contribution in [0, 0.1) is 0 Å². The predicted molar refractivity (Wildman–Crippen MR) is 93.3 cm³/mol. The van der Waals surface area contributed by atoms with Gasteiger partial charge in [-0.3, -0.25) is 4.79 Å². The van der Waals surface area contributed by atoms with Gasteiger partial charge in [-0.1, -0.05) is 23.7 Å². The van der Waals surface area contributed by atoms with Crippen molar-refractivity contribution in [3.05, 3.63) is 40.7 Å². The van der Waals surface area contributed by atoms with Gasteiger partial charge >= 0.3 is 0 Å². The Kier molecular flexibility index (Phi) is 5.13. The smallest absolute Gasteiger partial charge is 0.219 e. The third kappa shape index (κ3) is 4.20. The molecule has 7 heteroatoms. The molecule has 1 saturated heterocycles. The number of hydrogen-bond acceptors (Lipinski definition) is 5. The summed E-state index contributed by atoms with van der Waals surface area (Å²) in [6.45, 7) is 4.93. The molecule has 0 unspecified atom stereocenters. The molecule has 23 heavy (non-hydrogen) atoms. The molecular formula is C16H19ClN4OS. The maximum Gasteiger partial charge on any atom is 0.219 e. The number of rotatable bonds is 3. The molecule has 0 aliphatic carbocycles. The molecule has 2 heterocycles. The summed E-state index contributed by atoms with van der Waals surface area (Å²) in [6.07, 6.45) is 1.67. The molecule has 1 aromatic carbocycles. The molecule has 1 aliphatic rings. The first-order valence-corrected chi connectivity index (χ1v) is 8.84. The van der Waals surface area contributed by atoms with Crippen molar-refractivity contribution in [1.82, 2.24) is 14.3 Å². The van der Waals surface area contributed by atoms with Crippen LogP contribution in [0.15, 0.2) is 24.3 Å². The van der Waals surface area contributed by atoms with Crippen molar-refractivity contribution in [1.29, 1.82) is 0 Å². The fraction of sp³-hybridized carbons (Fsp3) is 0.438. The number of benzene rings is 1. The standard InChI is InChI=1S/C16H19ClN4OS/c1-12(22)20-7-2-8-21(10-9-20)16-18-15(19-23-16)11-13-3-5-14(17)6-4-13/h3-6H,2,7-11H2,1H3. The highest BCUT2D eigenvalue weighted by Gasteiger charge is 2.19. The first-order valence-electron chi connectivity index (χ1n) is 7.69. The Labute approximate surface area is 145 Å². The number of carbonyl (C=O) groups excluding carboxylic acids is 1. The minimum absolute atomic E-state index is 0.146. The number of halogens is 1. The van der Waals surface area contributed by atoms with E-state index in [1.54, 1.807) is 6.92 Å². The lowest BCUT2D eigenvalue weighted by Gasteiger charge is -2.20. The monoisotopic (exact) mass is 350 g/mol. The zero-order valence-corrected chi connectivity index (χ0v) is 14.6. The van der Waals surface area contributed by atoms with Crippen molar-refractivity contribution >= 4 is 34.2 Å². The first-order chi connectivity index (χ1) is 11.1. The van der Waals surface area contributed by atoms with Crippen LogP contribution < -0.4 is 4.90 Å². The second-order valence-corrected chi connectivity index (χ2v) is 6.81. The number of hydrogen-bond donors (Lipinski definition) is 0. The Morgan fingerprint density at radius 2 is 2.00 bits per heavy atom. The van der Waals surface area contributed by atoms with Crippen molar-refractivity contribution in [3.63, 3.8) is 0 Å². The summed E-state index contributed by atoms with van der Waals surface area (Å²) in [7, 11) is 0. The van der Waals surface area contributed by atoms with Crippen LogP contribution in [0.2, 0.25) is 5.02 Å². The molecular weight excluding hydrogens is 332 g/mol. The van der Waals surface area contributed by atoms with E-state index in [0.717, 1.165) is 54.1 Å². The van der Waals surface area contributed by atoms with Crippen molar-refractivity contribution < 1.29 is 4.79 Å². The van der Waals surface area contributed by atoms with Crippen LogP contribution in [0.1, 0.15) is 24.7 Å². The summed E-state index contributed by atoms with van der Waals surface area (Å²) in [4.78, 5) is 20.3. The Morgan fingerprint density at radius 3 is 2.74 bits per heavy atom. The minimum Gasteiger partial charge on any atom is -0.345 e. The molecule has 2 aromatic rings. The number of anilines is 1. The lowest BCUT2D eigenvalue weighted by molar-refractivity contribution is -0.128. The molecule has 1 amide bonds. The zero-order chi connectivity index (χ0) is 16.2. The van der Waals surface area contributed by atoms with E-state index in [9.17, 15) is 4.79 Å². The Balaban J connectivity index is 1.64. The number of carbonyl (C=O) groups is 1. The average molecular weight is 351 g/mol. The van der Waals surface area contributed by atoms with Crippen LogP contribution in [-0.4, -0.2) is 46.3 Å². The predicted octanol–water partition coefficient (Wildman–Crippen LogP) is 2.84. The fourth-order valence-corrected chi connectivity index (χ4v) is 3.52. The lowest BCUT2D eigenvalue weighted by atomic mass is 10.1. The summed E-state index contributed by atoms with van der Waals surface area (Å²) >= 11 is 7.34. The Morgan fingerprint density at radius 1 is 1.22 bits per heavy atom. The molecule has 0 bridgehead atoms. The summed E-state index contributed by atoms with van der Waals surface area (Å²) in [5.74, 6) is 0.979. The molecule has 0 radical (unpaired) electrons.